The summed E-state index contributed by atoms with van der Waals surface area (Å²) in [7, 11) is 0. The minimum Gasteiger partial charge on any atom is -0.462 e. The number of hydrogen-bond donors (Lipinski definition) is 1. The lowest BCUT2D eigenvalue weighted by molar-refractivity contribution is 0.0527. The molecule has 4 rings (SSSR count). The Kier molecular flexibility index (Phi) is 5.40. The number of amides is 1. The molecule has 0 atom stereocenters. The molecule has 0 unspecified atom stereocenters. The number of thiophene rings is 1. The number of thiazole rings is 1. The van der Waals surface area contributed by atoms with Crippen molar-refractivity contribution in [2.24, 2.45) is 0 Å². The second-order valence-corrected chi connectivity index (χ2v) is 8.12. The van der Waals surface area contributed by atoms with Crippen LogP contribution in [0.5, 0.6) is 10.9 Å². The smallest absolute Gasteiger partial charge is 0.341 e. The van der Waals surface area contributed by atoms with Crippen molar-refractivity contribution in [2.75, 3.05) is 11.9 Å². The van der Waals surface area contributed by atoms with Crippen molar-refractivity contribution in [3.63, 3.8) is 0 Å². The third-order valence-corrected chi connectivity index (χ3v) is 6.21. The van der Waals surface area contributed by atoms with E-state index in [-0.39, 0.29) is 11.9 Å². The average molecular weight is 415 g/mol. The quantitative estimate of drug-likeness (QED) is 0.580. The molecule has 1 aromatic carbocycles. The fraction of sp³-hybridized carbons (Fsp3) is 0.250. The van der Waals surface area contributed by atoms with E-state index in [2.05, 4.69) is 10.3 Å². The molecule has 2 aromatic heterocycles. The Bertz CT molecular complexity index is 994. The molecule has 0 bridgehead atoms. The average Bonchev–Trinajstić information content (AvgIpc) is 3.40. The zero-order valence-electron chi connectivity index (χ0n) is 15.2. The van der Waals surface area contributed by atoms with Gasteiger partial charge in [0.25, 0.3) is 11.1 Å². The van der Waals surface area contributed by atoms with Crippen molar-refractivity contribution in [3.8, 4) is 10.9 Å². The van der Waals surface area contributed by atoms with Crippen LogP contribution in [0.1, 0.15) is 44.5 Å². The molecule has 8 heteroatoms. The largest absolute Gasteiger partial charge is 0.462 e. The Labute approximate surface area is 170 Å². The fourth-order valence-electron chi connectivity index (χ4n) is 3.12. The molecular formula is C20H18N2O4S2. The van der Waals surface area contributed by atoms with Crippen molar-refractivity contribution < 1.29 is 19.1 Å². The number of aryl methyl sites for hydroxylation is 1. The molecule has 0 spiro atoms. The Morgan fingerprint density at radius 2 is 2.04 bits per heavy atom. The first kappa shape index (κ1) is 18.6. The maximum atomic E-state index is 12.7. The highest BCUT2D eigenvalue weighted by Gasteiger charge is 2.28. The number of aromatic nitrogens is 1. The second kappa shape index (κ2) is 8.12. The van der Waals surface area contributed by atoms with Crippen LogP contribution >= 0.6 is 22.7 Å². The molecule has 1 amide bonds. The topological polar surface area (TPSA) is 77.5 Å². The summed E-state index contributed by atoms with van der Waals surface area (Å²) < 4.78 is 10.8. The second-order valence-electron chi connectivity index (χ2n) is 6.16. The SMILES string of the molecule is CCOC(=O)c1c(NC(=O)c2ccc(Oc3nccs3)cc2)sc2c1CCC2. The predicted molar refractivity (Wildman–Crippen MR) is 109 cm³/mol. The molecule has 0 aliphatic heterocycles. The van der Waals surface area contributed by atoms with Gasteiger partial charge in [-0.1, -0.05) is 11.3 Å². The van der Waals surface area contributed by atoms with Gasteiger partial charge in [0.1, 0.15) is 10.8 Å². The Hall–Kier alpha value is -2.71. The van der Waals surface area contributed by atoms with Crippen LogP contribution in [0.15, 0.2) is 35.8 Å². The highest BCUT2D eigenvalue weighted by atomic mass is 32.1. The normalized spacial score (nSPS) is 12.5. The van der Waals surface area contributed by atoms with E-state index in [1.807, 2.05) is 5.38 Å². The summed E-state index contributed by atoms with van der Waals surface area (Å²) in [6.45, 7) is 2.08. The molecular weight excluding hydrogens is 396 g/mol. The van der Waals surface area contributed by atoms with E-state index < -0.39 is 0 Å². The number of esters is 1. The van der Waals surface area contributed by atoms with Gasteiger partial charge in [0.05, 0.1) is 12.2 Å². The summed E-state index contributed by atoms with van der Waals surface area (Å²) >= 11 is 2.86. The lowest BCUT2D eigenvalue weighted by atomic mass is 10.1. The highest BCUT2D eigenvalue weighted by Crippen LogP contribution is 2.39. The van der Waals surface area contributed by atoms with Crippen molar-refractivity contribution in [1.29, 1.82) is 0 Å². The number of nitrogens with one attached hydrogen (secondary N) is 1. The van der Waals surface area contributed by atoms with Gasteiger partial charge in [-0.15, -0.1) is 11.3 Å². The van der Waals surface area contributed by atoms with Gasteiger partial charge in [0.2, 0.25) is 0 Å². The number of anilines is 1. The van der Waals surface area contributed by atoms with Crippen LogP contribution < -0.4 is 10.1 Å². The summed E-state index contributed by atoms with van der Waals surface area (Å²) in [5, 5.41) is 5.83. The van der Waals surface area contributed by atoms with E-state index in [1.165, 1.54) is 22.7 Å². The summed E-state index contributed by atoms with van der Waals surface area (Å²) in [5.41, 5.74) is 2.01. The number of carbonyl (C=O) groups is 2. The lowest BCUT2D eigenvalue weighted by Crippen LogP contribution is -2.15. The molecule has 1 N–H and O–H groups in total. The van der Waals surface area contributed by atoms with E-state index >= 15 is 0 Å². The summed E-state index contributed by atoms with van der Waals surface area (Å²) in [5.74, 6) is -0.0375. The standard InChI is InChI=1S/C20H18N2O4S2/c1-2-25-19(24)16-14-4-3-5-15(14)28-18(16)22-17(23)12-6-8-13(9-7-12)26-20-21-10-11-27-20/h6-11H,2-5H2,1H3,(H,22,23). The van der Waals surface area contributed by atoms with Gasteiger partial charge < -0.3 is 14.8 Å². The first-order valence-electron chi connectivity index (χ1n) is 8.96. The zero-order valence-corrected chi connectivity index (χ0v) is 16.8. The number of ether oxygens (including phenoxy) is 2. The van der Waals surface area contributed by atoms with E-state index in [4.69, 9.17) is 9.47 Å². The van der Waals surface area contributed by atoms with Crippen LogP contribution in [0.4, 0.5) is 5.00 Å². The van der Waals surface area contributed by atoms with Gasteiger partial charge in [-0.25, -0.2) is 9.78 Å². The van der Waals surface area contributed by atoms with Gasteiger partial charge in [-0.05, 0) is 56.0 Å². The van der Waals surface area contributed by atoms with E-state index in [0.29, 0.717) is 33.7 Å². The summed E-state index contributed by atoms with van der Waals surface area (Å²) in [6.07, 6.45) is 4.48. The molecule has 6 nitrogen and oxygen atoms in total. The Balaban J connectivity index is 1.51. The van der Waals surface area contributed by atoms with Gasteiger partial charge in [-0.3, -0.25) is 4.79 Å². The van der Waals surface area contributed by atoms with E-state index in [1.54, 1.807) is 37.4 Å². The van der Waals surface area contributed by atoms with Crippen molar-refractivity contribution in [2.45, 2.75) is 26.2 Å². The van der Waals surface area contributed by atoms with E-state index in [9.17, 15) is 9.59 Å². The van der Waals surface area contributed by atoms with Crippen LogP contribution in [-0.2, 0) is 17.6 Å². The summed E-state index contributed by atoms with van der Waals surface area (Å²) in [6, 6.07) is 6.81. The molecule has 0 fully saturated rings. The third-order valence-electron chi connectivity index (χ3n) is 4.36. The highest BCUT2D eigenvalue weighted by molar-refractivity contribution is 7.17. The molecule has 144 valence electrons. The first-order chi connectivity index (χ1) is 13.7. The van der Waals surface area contributed by atoms with Crippen LogP contribution in [0.3, 0.4) is 0 Å². The molecule has 1 aliphatic carbocycles. The zero-order chi connectivity index (χ0) is 19.5. The minimum absolute atomic E-state index is 0.272. The van der Waals surface area contributed by atoms with Gasteiger partial charge in [0.15, 0.2) is 0 Å². The van der Waals surface area contributed by atoms with Crippen LogP contribution in [0, 0.1) is 0 Å². The molecule has 2 heterocycles. The van der Waals surface area contributed by atoms with Crippen LogP contribution in [0.25, 0.3) is 0 Å². The fourth-order valence-corrected chi connectivity index (χ4v) is 4.90. The maximum Gasteiger partial charge on any atom is 0.341 e. The molecule has 3 aromatic rings. The minimum atomic E-state index is -0.371. The number of fused-ring (bicyclic) bond motifs is 1. The number of benzene rings is 1. The lowest BCUT2D eigenvalue weighted by Gasteiger charge is -2.08. The van der Waals surface area contributed by atoms with Crippen molar-refractivity contribution in [3.05, 3.63) is 57.4 Å². The summed E-state index contributed by atoms with van der Waals surface area (Å²) in [4.78, 5) is 30.3. The molecule has 0 saturated heterocycles. The predicted octanol–water partition coefficient (Wildman–Crippen LogP) is 4.91. The number of hydrogen-bond acceptors (Lipinski definition) is 7. The van der Waals surface area contributed by atoms with Gasteiger partial charge in [-0.2, -0.15) is 0 Å². The third kappa shape index (κ3) is 3.79. The van der Waals surface area contributed by atoms with Gasteiger partial charge >= 0.3 is 5.97 Å². The first-order valence-corrected chi connectivity index (χ1v) is 10.7. The molecule has 1 aliphatic rings. The van der Waals surface area contributed by atoms with Crippen LogP contribution in [-0.4, -0.2) is 23.5 Å². The number of rotatable bonds is 6. The molecule has 0 radical (unpaired) electrons. The molecule has 28 heavy (non-hydrogen) atoms. The maximum absolute atomic E-state index is 12.7. The number of nitrogens with zero attached hydrogens (tertiary/aromatic N) is 1. The van der Waals surface area contributed by atoms with E-state index in [0.717, 1.165) is 29.7 Å². The Morgan fingerprint density at radius 1 is 1.21 bits per heavy atom. The van der Waals surface area contributed by atoms with Gasteiger partial charge in [0, 0.05) is 22.0 Å². The monoisotopic (exact) mass is 414 g/mol. The van der Waals surface area contributed by atoms with Crippen LogP contribution in [0.2, 0.25) is 0 Å². The Morgan fingerprint density at radius 3 is 2.75 bits per heavy atom. The molecule has 0 saturated carbocycles. The van der Waals surface area contributed by atoms with Crippen molar-refractivity contribution in [1.82, 2.24) is 4.98 Å². The van der Waals surface area contributed by atoms with Crippen molar-refractivity contribution >= 4 is 39.6 Å². The number of carbonyl (C=O) groups excluding carboxylic acids is 2.